The van der Waals surface area contributed by atoms with Gasteiger partial charge in [-0.1, -0.05) is 27.4 Å². The van der Waals surface area contributed by atoms with Crippen molar-refractivity contribution < 1.29 is 0 Å². The molecule has 0 saturated carbocycles. The summed E-state index contributed by atoms with van der Waals surface area (Å²) in [6.07, 6.45) is 2.35. The maximum atomic E-state index is 4.19. The molecule has 1 aliphatic heterocycles. The Labute approximate surface area is 88.4 Å². The van der Waals surface area contributed by atoms with Crippen LogP contribution in [0.15, 0.2) is 12.3 Å². The van der Waals surface area contributed by atoms with E-state index in [2.05, 4.69) is 37.6 Å². The van der Waals surface area contributed by atoms with Gasteiger partial charge in [0.05, 0.1) is 0 Å². The molecule has 0 spiro atoms. The molecule has 1 rings (SSSR count). The van der Waals surface area contributed by atoms with Gasteiger partial charge in [0.1, 0.15) is 0 Å². The lowest BCUT2D eigenvalue weighted by Crippen LogP contribution is -2.29. The van der Waals surface area contributed by atoms with Gasteiger partial charge in [0.15, 0.2) is 0 Å². The van der Waals surface area contributed by atoms with Gasteiger partial charge < -0.3 is 10.2 Å². The molecule has 82 valence electrons. The second kappa shape index (κ2) is 4.35. The Morgan fingerprint density at radius 3 is 2.57 bits per heavy atom. The van der Waals surface area contributed by atoms with Crippen molar-refractivity contribution in [1.29, 1.82) is 0 Å². The smallest absolute Gasteiger partial charge is 0.0329 e. The van der Waals surface area contributed by atoms with Gasteiger partial charge in [-0.3, -0.25) is 0 Å². The molecule has 0 aromatic carbocycles. The average Bonchev–Trinajstić information content (AvgIpc) is 2.48. The molecule has 2 nitrogen and oxygen atoms in total. The van der Waals surface area contributed by atoms with Gasteiger partial charge >= 0.3 is 0 Å². The van der Waals surface area contributed by atoms with Gasteiger partial charge in [0.2, 0.25) is 0 Å². The monoisotopic (exact) mass is 196 g/mol. The Kier molecular flexibility index (Phi) is 3.59. The molecular formula is C12H24N2. The van der Waals surface area contributed by atoms with E-state index < -0.39 is 0 Å². The molecule has 0 radical (unpaired) electrons. The van der Waals surface area contributed by atoms with E-state index in [0.29, 0.717) is 11.5 Å². The Morgan fingerprint density at radius 2 is 2.14 bits per heavy atom. The number of hydrogen-bond acceptors (Lipinski definition) is 2. The van der Waals surface area contributed by atoms with Crippen LogP contribution in [0, 0.1) is 5.41 Å². The molecule has 1 heterocycles. The first-order valence-electron chi connectivity index (χ1n) is 5.52. The summed E-state index contributed by atoms with van der Waals surface area (Å²) in [5.74, 6) is 0. The minimum absolute atomic E-state index is 0.356. The minimum atomic E-state index is 0.356. The van der Waals surface area contributed by atoms with Gasteiger partial charge in [-0.25, -0.2) is 0 Å². The number of likely N-dealkylation sites (N-methyl/N-ethyl adjacent to an activating group) is 1. The van der Waals surface area contributed by atoms with Crippen molar-refractivity contribution in [1.82, 2.24) is 10.2 Å². The summed E-state index contributed by atoms with van der Waals surface area (Å²) in [4.78, 5) is 2.42. The van der Waals surface area contributed by atoms with Crippen LogP contribution in [-0.4, -0.2) is 31.1 Å². The normalized spacial score (nSPS) is 22.9. The number of likely N-dealkylation sites (tertiary alicyclic amines) is 1. The molecule has 0 aliphatic carbocycles. The van der Waals surface area contributed by atoms with Gasteiger partial charge in [-0.2, -0.15) is 0 Å². The Morgan fingerprint density at radius 1 is 1.50 bits per heavy atom. The molecule has 1 aliphatic rings. The predicted octanol–water partition coefficient (Wildman–Crippen LogP) is 2.23. The van der Waals surface area contributed by atoms with E-state index in [1.54, 1.807) is 0 Å². The zero-order chi connectivity index (χ0) is 10.8. The van der Waals surface area contributed by atoms with Crippen LogP contribution in [0.5, 0.6) is 0 Å². The molecule has 0 amide bonds. The fourth-order valence-electron chi connectivity index (χ4n) is 2.01. The molecule has 1 saturated heterocycles. The Balaban J connectivity index is 2.40. The zero-order valence-corrected chi connectivity index (χ0v) is 10.1. The lowest BCUT2D eigenvalue weighted by atomic mass is 9.90. The van der Waals surface area contributed by atoms with E-state index >= 15 is 0 Å². The molecule has 1 unspecified atom stereocenters. The minimum Gasteiger partial charge on any atom is -0.374 e. The first-order chi connectivity index (χ1) is 6.42. The molecule has 1 fully saturated rings. The SMILES string of the molecule is C=C(CC(C)(C)C)N1CCC(NC)C1. The van der Waals surface area contributed by atoms with E-state index in [4.69, 9.17) is 0 Å². The topological polar surface area (TPSA) is 15.3 Å². The highest BCUT2D eigenvalue weighted by Crippen LogP contribution is 2.27. The van der Waals surface area contributed by atoms with Gasteiger partial charge in [-0.05, 0) is 25.3 Å². The van der Waals surface area contributed by atoms with E-state index in [-0.39, 0.29) is 0 Å². The van der Waals surface area contributed by atoms with Crippen LogP contribution in [0.4, 0.5) is 0 Å². The maximum absolute atomic E-state index is 4.19. The van der Waals surface area contributed by atoms with Crippen LogP contribution in [0.25, 0.3) is 0 Å². The Hall–Kier alpha value is -0.500. The van der Waals surface area contributed by atoms with Crippen LogP contribution >= 0.6 is 0 Å². The van der Waals surface area contributed by atoms with E-state index in [9.17, 15) is 0 Å². The highest BCUT2D eigenvalue weighted by Gasteiger charge is 2.23. The fraction of sp³-hybridized carbons (Fsp3) is 0.833. The summed E-state index contributed by atoms with van der Waals surface area (Å²) < 4.78 is 0. The van der Waals surface area contributed by atoms with Crippen molar-refractivity contribution in [3.63, 3.8) is 0 Å². The highest BCUT2D eigenvalue weighted by atomic mass is 15.2. The average molecular weight is 196 g/mol. The van der Waals surface area contributed by atoms with Crippen molar-refractivity contribution in [3.8, 4) is 0 Å². The molecule has 0 aromatic heterocycles. The first kappa shape index (κ1) is 11.6. The summed E-state index contributed by atoms with van der Waals surface area (Å²) in [5, 5.41) is 3.33. The standard InChI is InChI=1S/C12H24N2/c1-10(8-12(2,3)4)14-7-6-11(9-14)13-5/h11,13H,1,6-9H2,2-5H3. The zero-order valence-electron chi connectivity index (χ0n) is 10.1. The molecule has 0 bridgehead atoms. The third kappa shape index (κ3) is 3.33. The summed E-state index contributed by atoms with van der Waals surface area (Å²) in [6.45, 7) is 13.3. The van der Waals surface area contributed by atoms with Crippen molar-refractivity contribution >= 4 is 0 Å². The van der Waals surface area contributed by atoms with Crippen molar-refractivity contribution in [3.05, 3.63) is 12.3 Å². The predicted molar refractivity (Wildman–Crippen MR) is 62.2 cm³/mol. The van der Waals surface area contributed by atoms with E-state index in [1.807, 2.05) is 7.05 Å². The van der Waals surface area contributed by atoms with Crippen LogP contribution in [0.2, 0.25) is 0 Å². The van der Waals surface area contributed by atoms with Crippen molar-refractivity contribution in [2.24, 2.45) is 5.41 Å². The molecule has 1 atom stereocenters. The fourth-order valence-corrected chi connectivity index (χ4v) is 2.01. The quantitative estimate of drug-likeness (QED) is 0.744. The largest absolute Gasteiger partial charge is 0.374 e. The summed E-state index contributed by atoms with van der Waals surface area (Å²) in [5.41, 5.74) is 1.66. The van der Waals surface area contributed by atoms with Crippen molar-refractivity contribution in [2.45, 2.75) is 39.7 Å². The molecule has 14 heavy (non-hydrogen) atoms. The molecule has 1 N–H and O–H groups in total. The third-order valence-corrected chi connectivity index (χ3v) is 2.78. The third-order valence-electron chi connectivity index (χ3n) is 2.78. The summed E-state index contributed by atoms with van der Waals surface area (Å²) in [7, 11) is 2.04. The summed E-state index contributed by atoms with van der Waals surface area (Å²) >= 11 is 0. The number of rotatable bonds is 3. The van der Waals surface area contributed by atoms with Crippen LogP contribution < -0.4 is 5.32 Å². The first-order valence-corrected chi connectivity index (χ1v) is 5.52. The van der Waals surface area contributed by atoms with E-state index in [1.165, 1.54) is 18.7 Å². The van der Waals surface area contributed by atoms with Gasteiger partial charge in [0.25, 0.3) is 0 Å². The second-order valence-corrected chi connectivity index (χ2v) is 5.52. The highest BCUT2D eigenvalue weighted by molar-refractivity contribution is 5.01. The van der Waals surface area contributed by atoms with Crippen molar-refractivity contribution in [2.75, 3.05) is 20.1 Å². The molecule has 0 aromatic rings. The number of hydrogen-bond donors (Lipinski definition) is 1. The van der Waals surface area contributed by atoms with Crippen LogP contribution in [0.1, 0.15) is 33.6 Å². The maximum Gasteiger partial charge on any atom is 0.0329 e. The molecular weight excluding hydrogens is 172 g/mol. The second-order valence-electron chi connectivity index (χ2n) is 5.52. The van der Waals surface area contributed by atoms with Crippen LogP contribution in [-0.2, 0) is 0 Å². The van der Waals surface area contributed by atoms with Crippen LogP contribution in [0.3, 0.4) is 0 Å². The van der Waals surface area contributed by atoms with E-state index in [0.717, 1.165) is 13.0 Å². The lowest BCUT2D eigenvalue weighted by molar-refractivity contribution is 0.325. The number of allylic oxidation sites excluding steroid dienone is 1. The van der Waals surface area contributed by atoms with Gasteiger partial charge in [-0.15, -0.1) is 0 Å². The number of nitrogens with zero attached hydrogens (tertiary/aromatic N) is 1. The summed E-state index contributed by atoms with van der Waals surface area (Å²) in [6, 6.07) is 0.659. The van der Waals surface area contributed by atoms with Gasteiger partial charge in [0, 0.05) is 24.8 Å². The molecule has 2 heteroatoms. The lowest BCUT2D eigenvalue weighted by Gasteiger charge is -2.27. The Bertz CT molecular complexity index is 203. The number of nitrogens with one attached hydrogen (secondary N) is 1.